The van der Waals surface area contributed by atoms with E-state index in [1.54, 1.807) is 17.9 Å². The molecule has 0 aliphatic heterocycles. The number of halogens is 2. The lowest BCUT2D eigenvalue weighted by atomic mass is 10.1. The molecule has 2 amide bonds. The largest absolute Gasteiger partial charge is 0.355 e. The summed E-state index contributed by atoms with van der Waals surface area (Å²) >= 11 is 13.9. The maximum atomic E-state index is 12.9. The summed E-state index contributed by atoms with van der Waals surface area (Å²) in [6.07, 6.45) is 0. The van der Waals surface area contributed by atoms with Crippen molar-refractivity contribution in [2.24, 2.45) is 0 Å². The van der Waals surface area contributed by atoms with Crippen LogP contribution in [0.15, 0.2) is 48.5 Å². The monoisotopic (exact) mass is 438 g/mol. The van der Waals surface area contributed by atoms with Crippen molar-refractivity contribution < 1.29 is 9.59 Å². The van der Waals surface area contributed by atoms with Crippen molar-refractivity contribution in [1.29, 1.82) is 0 Å². The van der Waals surface area contributed by atoms with Gasteiger partial charge in [0.15, 0.2) is 0 Å². The Morgan fingerprint density at radius 1 is 1.04 bits per heavy atom. The molecule has 1 N–H and O–H groups in total. The number of carbonyl (C=O) groups is 2. The summed E-state index contributed by atoms with van der Waals surface area (Å²) in [4.78, 5) is 26.9. The normalized spacial score (nSPS) is 11.7. The van der Waals surface area contributed by atoms with Crippen molar-refractivity contribution in [3.63, 3.8) is 0 Å². The molecular weight excluding hydrogens is 415 g/mol. The van der Waals surface area contributed by atoms with Crippen LogP contribution in [-0.4, -0.2) is 35.1 Å². The third kappa shape index (κ3) is 6.43. The third-order valence-electron chi connectivity index (χ3n) is 4.26. The second-order valence-electron chi connectivity index (χ2n) is 6.27. The first-order valence-corrected chi connectivity index (χ1v) is 11.0. The lowest BCUT2D eigenvalue weighted by Crippen LogP contribution is -2.48. The highest BCUT2D eigenvalue weighted by Gasteiger charge is 2.26. The summed E-state index contributed by atoms with van der Waals surface area (Å²) in [5.41, 5.74) is 1.79. The smallest absolute Gasteiger partial charge is 0.242 e. The highest BCUT2D eigenvalue weighted by atomic mass is 35.5. The summed E-state index contributed by atoms with van der Waals surface area (Å²) in [7, 11) is 0. The number of thioether (sulfide) groups is 1. The minimum Gasteiger partial charge on any atom is -0.355 e. The molecular formula is C21H24Cl2N2O2S. The van der Waals surface area contributed by atoms with Gasteiger partial charge in [-0.1, -0.05) is 59.6 Å². The fourth-order valence-electron chi connectivity index (χ4n) is 2.66. The van der Waals surface area contributed by atoms with Crippen LogP contribution in [0.3, 0.4) is 0 Å². The number of hydrogen-bond acceptors (Lipinski definition) is 3. The topological polar surface area (TPSA) is 49.4 Å². The Labute approximate surface area is 180 Å². The molecule has 2 rings (SSSR count). The predicted molar refractivity (Wildman–Crippen MR) is 118 cm³/mol. The molecule has 0 spiro atoms. The highest BCUT2D eigenvalue weighted by Crippen LogP contribution is 2.23. The fourth-order valence-corrected chi connectivity index (χ4v) is 4.05. The molecule has 0 aliphatic rings. The Morgan fingerprint density at radius 2 is 1.61 bits per heavy atom. The van der Waals surface area contributed by atoms with Gasteiger partial charge in [0.1, 0.15) is 6.04 Å². The molecule has 1 atom stereocenters. The van der Waals surface area contributed by atoms with Crippen molar-refractivity contribution in [2.75, 3.05) is 12.3 Å². The number of amides is 2. The first-order chi connectivity index (χ1) is 13.4. The second-order valence-corrected chi connectivity index (χ2v) is 8.07. The number of benzene rings is 2. The van der Waals surface area contributed by atoms with Gasteiger partial charge in [-0.15, -0.1) is 11.8 Å². The molecule has 0 heterocycles. The summed E-state index contributed by atoms with van der Waals surface area (Å²) < 4.78 is 0. The average molecular weight is 439 g/mol. The van der Waals surface area contributed by atoms with E-state index in [1.165, 1.54) is 11.8 Å². The molecule has 28 heavy (non-hydrogen) atoms. The molecule has 0 aliphatic carbocycles. The maximum absolute atomic E-state index is 12.9. The van der Waals surface area contributed by atoms with Crippen LogP contribution in [-0.2, 0) is 21.9 Å². The Morgan fingerprint density at radius 3 is 2.18 bits per heavy atom. The van der Waals surface area contributed by atoms with Crippen molar-refractivity contribution in [3.8, 4) is 0 Å². The van der Waals surface area contributed by atoms with Crippen molar-refractivity contribution >= 4 is 46.8 Å². The quantitative estimate of drug-likeness (QED) is 0.612. The summed E-state index contributed by atoms with van der Waals surface area (Å²) in [6.45, 7) is 4.38. The molecule has 4 nitrogen and oxygen atoms in total. The van der Waals surface area contributed by atoms with Crippen molar-refractivity contribution in [1.82, 2.24) is 10.2 Å². The lowest BCUT2D eigenvalue weighted by Gasteiger charge is -2.29. The Balaban J connectivity index is 2.08. The molecule has 1 unspecified atom stereocenters. The minimum atomic E-state index is -0.593. The van der Waals surface area contributed by atoms with Crippen LogP contribution in [0.25, 0.3) is 0 Å². The average Bonchev–Trinajstić information content (AvgIpc) is 2.68. The van der Waals surface area contributed by atoms with E-state index in [2.05, 4.69) is 5.32 Å². The fraction of sp³-hybridized carbons (Fsp3) is 0.333. The molecule has 0 bridgehead atoms. The summed E-state index contributed by atoms with van der Waals surface area (Å²) in [5, 5.41) is 4.04. The molecule has 150 valence electrons. The van der Waals surface area contributed by atoms with Gasteiger partial charge in [0.2, 0.25) is 11.8 Å². The van der Waals surface area contributed by atoms with Crippen LogP contribution < -0.4 is 5.32 Å². The highest BCUT2D eigenvalue weighted by molar-refractivity contribution is 7.99. The van der Waals surface area contributed by atoms with Crippen LogP contribution >= 0.6 is 35.0 Å². The third-order valence-corrected chi connectivity index (χ3v) is 5.96. The van der Waals surface area contributed by atoms with E-state index in [1.807, 2.05) is 49.4 Å². The molecule has 0 aromatic heterocycles. The molecule has 0 radical (unpaired) electrons. The molecule has 7 heteroatoms. The zero-order valence-corrected chi connectivity index (χ0v) is 18.3. The van der Waals surface area contributed by atoms with E-state index >= 15 is 0 Å². The van der Waals surface area contributed by atoms with Crippen LogP contribution in [0, 0.1) is 0 Å². The second kappa shape index (κ2) is 11.3. The van der Waals surface area contributed by atoms with E-state index < -0.39 is 6.04 Å². The van der Waals surface area contributed by atoms with Crippen LogP contribution in [0.2, 0.25) is 10.0 Å². The van der Waals surface area contributed by atoms with Crippen LogP contribution in [0.1, 0.15) is 25.0 Å². The first kappa shape index (κ1) is 22.6. The summed E-state index contributed by atoms with van der Waals surface area (Å²) in [5.74, 6) is 0.579. The van der Waals surface area contributed by atoms with Gasteiger partial charge in [0.25, 0.3) is 0 Å². The lowest BCUT2D eigenvalue weighted by molar-refractivity contribution is -0.138. The van der Waals surface area contributed by atoms with E-state index in [-0.39, 0.29) is 24.1 Å². The van der Waals surface area contributed by atoms with Gasteiger partial charge in [-0.3, -0.25) is 9.59 Å². The predicted octanol–water partition coefficient (Wildman–Crippen LogP) is 4.78. The summed E-state index contributed by atoms with van der Waals surface area (Å²) in [6, 6.07) is 14.3. The van der Waals surface area contributed by atoms with Crippen LogP contribution in [0.5, 0.6) is 0 Å². The Hall–Kier alpha value is -1.69. The van der Waals surface area contributed by atoms with Gasteiger partial charge in [-0.05, 0) is 37.1 Å². The SMILES string of the molecule is CCNC(=O)C(C)N(Cc1ccccc1Cl)C(=O)CSCc1ccccc1Cl. The maximum Gasteiger partial charge on any atom is 0.242 e. The molecule has 0 saturated carbocycles. The van der Waals surface area contributed by atoms with Crippen molar-refractivity contribution in [3.05, 3.63) is 69.7 Å². The standard InChI is InChI=1S/C21H24Cl2N2O2S/c1-3-24-21(27)15(2)25(12-16-8-4-6-10-18(16)22)20(26)14-28-13-17-9-5-7-11-19(17)23/h4-11,15H,3,12-14H2,1-2H3,(H,24,27). The van der Waals surface area contributed by atoms with Gasteiger partial charge in [-0.25, -0.2) is 0 Å². The van der Waals surface area contributed by atoms with Gasteiger partial charge in [0.05, 0.1) is 5.75 Å². The Bertz CT molecular complexity index is 816. The van der Waals surface area contributed by atoms with E-state index in [4.69, 9.17) is 23.2 Å². The van der Waals surface area contributed by atoms with Gasteiger partial charge >= 0.3 is 0 Å². The van der Waals surface area contributed by atoms with Gasteiger partial charge in [-0.2, -0.15) is 0 Å². The molecule has 2 aromatic rings. The number of rotatable bonds is 9. The number of nitrogens with one attached hydrogen (secondary N) is 1. The number of nitrogens with zero attached hydrogens (tertiary/aromatic N) is 1. The van der Waals surface area contributed by atoms with Gasteiger partial charge in [0, 0.05) is 28.9 Å². The molecule has 0 saturated heterocycles. The van der Waals surface area contributed by atoms with E-state index in [0.29, 0.717) is 22.3 Å². The molecule has 0 fully saturated rings. The zero-order chi connectivity index (χ0) is 20.5. The first-order valence-electron chi connectivity index (χ1n) is 9.05. The number of likely N-dealkylation sites (N-methyl/N-ethyl adjacent to an activating group) is 1. The van der Waals surface area contributed by atoms with Crippen LogP contribution in [0.4, 0.5) is 0 Å². The van der Waals surface area contributed by atoms with E-state index in [0.717, 1.165) is 11.1 Å². The van der Waals surface area contributed by atoms with Crippen molar-refractivity contribution in [2.45, 2.75) is 32.2 Å². The Kier molecular flexibility index (Phi) is 9.16. The molecule has 2 aromatic carbocycles. The number of carbonyl (C=O) groups excluding carboxylic acids is 2. The minimum absolute atomic E-state index is 0.115. The van der Waals surface area contributed by atoms with Gasteiger partial charge < -0.3 is 10.2 Å². The number of hydrogen-bond donors (Lipinski definition) is 1. The zero-order valence-electron chi connectivity index (χ0n) is 16.0. The van der Waals surface area contributed by atoms with E-state index in [9.17, 15) is 9.59 Å².